The fourth-order valence-electron chi connectivity index (χ4n) is 2.60. The van der Waals surface area contributed by atoms with Crippen LogP contribution >= 0.6 is 11.6 Å². The Kier molecular flexibility index (Phi) is 6.92. The third-order valence-electron chi connectivity index (χ3n) is 3.84. The number of esters is 1. The van der Waals surface area contributed by atoms with E-state index < -0.39 is 23.7 Å². The zero-order chi connectivity index (χ0) is 19.1. The molecule has 6 heteroatoms. The second-order valence-electron chi connectivity index (χ2n) is 5.91. The monoisotopic (exact) mass is 373 g/mol. The van der Waals surface area contributed by atoms with Crippen LogP contribution in [0.4, 0.5) is 0 Å². The molecule has 1 amide bonds. The van der Waals surface area contributed by atoms with E-state index in [-0.39, 0.29) is 12.5 Å². The van der Waals surface area contributed by atoms with Crippen molar-refractivity contribution < 1.29 is 19.1 Å². The molecule has 2 rings (SSSR count). The number of carbonyl (C=O) groups excluding carboxylic acids is 3. The van der Waals surface area contributed by atoms with Gasteiger partial charge in [0.25, 0.3) is 0 Å². The number of amides is 1. The molecule has 2 aromatic rings. The molecule has 0 saturated carbocycles. The number of hydrogen-bond acceptors (Lipinski definition) is 4. The fourth-order valence-corrected chi connectivity index (χ4v) is 2.73. The number of nitrogens with one attached hydrogen (secondary N) is 1. The predicted octanol–water partition coefficient (Wildman–Crippen LogP) is 3.47. The summed E-state index contributed by atoms with van der Waals surface area (Å²) in [5, 5.41) is 3.19. The summed E-state index contributed by atoms with van der Waals surface area (Å²) < 4.78 is 5.32. The summed E-state index contributed by atoms with van der Waals surface area (Å²) >= 11 is 5.90. The molecule has 0 heterocycles. The molecular weight excluding hydrogens is 354 g/mol. The highest BCUT2D eigenvalue weighted by Gasteiger charge is 2.35. The lowest BCUT2D eigenvalue weighted by atomic mass is 9.90. The Bertz CT molecular complexity index is 774. The molecule has 0 aliphatic carbocycles. The maximum Gasteiger partial charge on any atom is 0.319 e. The topological polar surface area (TPSA) is 72.5 Å². The van der Waals surface area contributed by atoms with Crippen molar-refractivity contribution in [2.45, 2.75) is 26.5 Å². The average molecular weight is 374 g/mol. The molecule has 0 bridgehead atoms. The molecule has 0 aliphatic heterocycles. The minimum atomic E-state index is -1.15. The Morgan fingerprint density at radius 1 is 1.00 bits per heavy atom. The third kappa shape index (κ3) is 5.43. The Morgan fingerprint density at radius 3 is 2.15 bits per heavy atom. The lowest BCUT2D eigenvalue weighted by Crippen LogP contribution is -2.40. The number of ether oxygens (including phenoxy) is 1. The number of halogens is 1. The van der Waals surface area contributed by atoms with Gasteiger partial charge in [0.2, 0.25) is 5.91 Å². The minimum Gasteiger partial charge on any atom is -0.460 e. The molecule has 0 radical (unpaired) electrons. The lowest BCUT2D eigenvalue weighted by molar-refractivity contribution is -0.154. The van der Waals surface area contributed by atoms with Crippen molar-refractivity contribution in [1.82, 2.24) is 5.32 Å². The van der Waals surface area contributed by atoms with Gasteiger partial charge in [-0.05, 0) is 30.2 Å². The Morgan fingerprint density at radius 2 is 1.62 bits per heavy atom. The fraction of sp³-hybridized carbons (Fsp3) is 0.250. The van der Waals surface area contributed by atoms with Crippen LogP contribution < -0.4 is 5.32 Å². The highest BCUT2D eigenvalue weighted by molar-refractivity contribution is 6.30. The van der Waals surface area contributed by atoms with Crippen molar-refractivity contribution >= 4 is 29.3 Å². The van der Waals surface area contributed by atoms with Crippen LogP contribution in [0.15, 0.2) is 54.6 Å². The molecule has 136 valence electrons. The molecule has 2 aromatic carbocycles. The smallest absolute Gasteiger partial charge is 0.319 e. The molecule has 0 aliphatic rings. The van der Waals surface area contributed by atoms with Gasteiger partial charge < -0.3 is 10.1 Å². The maximum absolute atomic E-state index is 12.6. The van der Waals surface area contributed by atoms with Crippen LogP contribution in [0.5, 0.6) is 0 Å². The Labute approximate surface area is 157 Å². The summed E-state index contributed by atoms with van der Waals surface area (Å²) in [6.07, 6.45) is 0. The summed E-state index contributed by atoms with van der Waals surface area (Å²) in [5.41, 5.74) is 1.41. The van der Waals surface area contributed by atoms with E-state index in [2.05, 4.69) is 5.32 Å². The lowest BCUT2D eigenvalue weighted by Gasteiger charge is -2.25. The summed E-state index contributed by atoms with van der Waals surface area (Å²) in [7, 11) is 0. The molecule has 26 heavy (non-hydrogen) atoms. The van der Waals surface area contributed by atoms with Crippen LogP contribution in [0.1, 0.15) is 31.0 Å². The SMILES string of the molecule is CC(=O)NC(c1ccc(Cl)cc1)C(C(C)=O)C(=O)OCc1ccccc1. The predicted molar refractivity (Wildman–Crippen MR) is 98.4 cm³/mol. The minimum absolute atomic E-state index is 0.0524. The molecule has 2 unspecified atom stereocenters. The molecule has 5 nitrogen and oxygen atoms in total. The summed E-state index contributed by atoms with van der Waals surface area (Å²) in [6, 6.07) is 14.9. The van der Waals surface area contributed by atoms with E-state index in [9.17, 15) is 14.4 Å². The van der Waals surface area contributed by atoms with Crippen LogP contribution in [0.2, 0.25) is 5.02 Å². The summed E-state index contributed by atoms with van der Waals surface area (Å²) in [4.78, 5) is 36.4. The van der Waals surface area contributed by atoms with E-state index in [1.54, 1.807) is 24.3 Å². The van der Waals surface area contributed by atoms with Crippen molar-refractivity contribution in [3.05, 3.63) is 70.7 Å². The van der Waals surface area contributed by atoms with Gasteiger partial charge in [0.05, 0.1) is 6.04 Å². The van der Waals surface area contributed by atoms with Crippen molar-refractivity contribution in [1.29, 1.82) is 0 Å². The van der Waals surface area contributed by atoms with Gasteiger partial charge in [0.15, 0.2) is 0 Å². The van der Waals surface area contributed by atoms with Gasteiger partial charge in [0.1, 0.15) is 18.3 Å². The highest BCUT2D eigenvalue weighted by atomic mass is 35.5. The molecule has 0 aromatic heterocycles. The molecule has 2 atom stereocenters. The van der Waals surface area contributed by atoms with Crippen LogP contribution in [-0.2, 0) is 25.7 Å². The normalized spacial score (nSPS) is 12.7. The van der Waals surface area contributed by atoms with Crippen molar-refractivity contribution in [2.24, 2.45) is 5.92 Å². The first-order valence-corrected chi connectivity index (χ1v) is 8.50. The second kappa shape index (κ2) is 9.15. The number of Topliss-reactive ketones (excluding diaryl/α,β-unsaturated/α-hetero) is 1. The summed E-state index contributed by atoms with van der Waals surface area (Å²) in [6.45, 7) is 2.69. The van der Waals surface area contributed by atoms with E-state index in [0.29, 0.717) is 10.6 Å². The van der Waals surface area contributed by atoms with E-state index in [0.717, 1.165) is 5.56 Å². The van der Waals surface area contributed by atoms with Crippen LogP contribution in [0.25, 0.3) is 0 Å². The largest absolute Gasteiger partial charge is 0.460 e. The van der Waals surface area contributed by atoms with Crippen LogP contribution in [0.3, 0.4) is 0 Å². The first kappa shape index (κ1) is 19.7. The van der Waals surface area contributed by atoms with Crippen LogP contribution in [-0.4, -0.2) is 17.7 Å². The first-order valence-electron chi connectivity index (χ1n) is 8.12. The molecular formula is C20H20ClNO4. The van der Waals surface area contributed by atoms with Gasteiger partial charge in [0, 0.05) is 11.9 Å². The first-order chi connectivity index (χ1) is 12.4. The van der Waals surface area contributed by atoms with Crippen molar-refractivity contribution in [3.63, 3.8) is 0 Å². The number of carbonyl (C=O) groups is 3. The van der Waals surface area contributed by atoms with Gasteiger partial charge >= 0.3 is 5.97 Å². The molecule has 0 saturated heterocycles. The third-order valence-corrected chi connectivity index (χ3v) is 4.09. The number of ketones is 1. The standard InChI is InChI=1S/C20H20ClNO4/c1-13(23)18(20(25)26-12-15-6-4-3-5-7-15)19(22-14(2)24)16-8-10-17(21)11-9-16/h3-11,18-19H,12H2,1-2H3,(H,22,24). The second-order valence-corrected chi connectivity index (χ2v) is 6.35. The van der Waals surface area contributed by atoms with Gasteiger partial charge in [-0.15, -0.1) is 0 Å². The van der Waals surface area contributed by atoms with Crippen molar-refractivity contribution in [2.75, 3.05) is 0 Å². The zero-order valence-corrected chi connectivity index (χ0v) is 15.3. The summed E-state index contributed by atoms with van der Waals surface area (Å²) in [5.74, 6) is -2.58. The average Bonchev–Trinajstić information content (AvgIpc) is 2.60. The van der Waals surface area contributed by atoms with E-state index in [1.165, 1.54) is 13.8 Å². The van der Waals surface area contributed by atoms with Crippen LogP contribution in [0, 0.1) is 5.92 Å². The zero-order valence-electron chi connectivity index (χ0n) is 14.6. The van der Waals surface area contributed by atoms with Gasteiger partial charge in [-0.2, -0.15) is 0 Å². The van der Waals surface area contributed by atoms with Gasteiger partial charge in [-0.1, -0.05) is 54.1 Å². The van der Waals surface area contributed by atoms with Crippen molar-refractivity contribution in [3.8, 4) is 0 Å². The number of rotatable bonds is 7. The Hall–Kier alpha value is -2.66. The quantitative estimate of drug-likeness (QED) is 0.595. The van der Waals surface area contributed by atoms with Gasteiger partial charge in [-0.3, -0.25) is 14.4 Å². The maximum atomic E-state index is 12.6. The molecule has 1 N–H and O–H groups in total. The highest BCUT2D eigenvalue weighted by Crippen LogP contribution is 2.26. The van der Waals surface area contributed by atoms with E-state index in [4.69, 9.17) is 16.3 Å². The molecule has 0 fully saturated rings. The van der Waals surface area contributed by atoms with Gasteiger partial charge in [-0.25, -0.2) is 0 Å². The van der Waals surface area contributed by atoms with E-state index >= 15 is 0 Å². The number of hydrogen-bond donors (Lipinski definition) is 1. The van der Waals surface area contributed by atoms with E-state index in [1.807, 2.05) is 30.3 Å². The molecule has 0 spiro atoms. The Balaban J connectivity index is 2.24. The number of benzene rings is 2.